The molecule has 2 aromatic carbocycles. The van der Waals surface area contributed by atoms with Gasteiger partial charge < -0.3 is 16.4 Å². The number of aromatic nitrogens is 2. The van der Waals surface area contributed by atoms with Crippen LogP contribution in [0.1, 0.15) is 42.9 Å². The first-order valence-electron chi connectivity index (χ1n) is 9.54. The molecule has 0 atom stereocenters. The number of nitrogens with zero attached hydrogens (tertiary/aromatic N) is 2. The number of rotatable bonds is 6. The summed E-state index contributed by atoms with van der Waals surface area (Å²) in [5.74, 6) is 1.38. The van der Waals surface area contributed by atoms with Crippen molar-refractivity contribution >= 4 is 17.3 Å². The molecule has 4 rings (SSSR count). The van der Waals surface area contributed by atoms with Crippen LogP contribution >= 0.6 is 0 Å². The van der Waals surface area contributed by atoms with E-state index in [1.807, 2.05) is 36.4 Å². The van der Waals surface area contributed by atoms with E-state index < -0.39 is 0 Å². The van der Waals surface area contributed by atoms with Gasteiger partial charge in [-0.1, -0.05) is 73.5 Å². The Balaban J connectivity index is 1.63. The van der Waals surface area contributed by atoms with Gasteiger partial charge in [-0.15, -0.1) is 0 Å². The highest BCUT2D eigenvalue weighted by Gasteiger charge is 2.20. The molecule has 4 N–H and O–H groups in total. The third kappa shape index (κ3) is 4.03. The summed E-state index contributed by atoms with van der Waals surface area (Å²) in [7, 11) is 0. The molecule has 27 heavy (non-hydrogen) atoms. The lowest BCUT2D eigenvalue weighted by atomic mass is 9.99. The van der Waals surface area contributed by atoms with Crippen LogP contribution in [0.25, 0.3) is 0 Å². The molecule has 0 bridgehead atoms. The van der Waals surface area contributed by atoms with Crippen molar-refractivity contribution in [3.8, 4) is 0 Å². The fraction of sp³-hybridized carbons (Fsp3) is 0.273. The topological polar surface area (TPSA) is 75.9 Å². The number of nitrogens with one attached hydrogen (secondary N) is 2. The summed E-state index contributed by atoms with van der Waals surface area (Å²) in [4.78, 5) is 8.79. The van der Waals surface area contributed by atoms with Gasteiger partial charge in [-0.05, 0) is 24.0 Å². The number of nitrogens with two attached hydrogens (primary N) is 1. The first kappa shape index (κ1) is 17.3. The smallest absolute Gasteiger partial charge is 0.155 e. The lowest BCUT2D eigenvalue weighted by Crippen LogP contribution is -2.19. The quantitative estimate of drug-likeness (QED) is 0.599. The van der Waals surface area contributed by atoms with Crippen molar-refractivity contribution in [3.63, 3.8) is 0 Å². The lowest BCUT2D eigenvalue weighted by Gasteiger charge is -2.22. The predicted octanol–water partition coefficient (Wildman–Crippen LogP) is 4.61. The van der Waals surface area contributed by atoms with Crippen LogP contribution in [0.5, 0.6) is 0 Å². The van der Waals surface area contributed by atoms with E-state index in [-0.39, 0.29) is 6.04 Å². The normalized spacial score (nSPS) is 14.4. The molecule has 1 aliphatic carbocycles. The molecular weight excluding hydrogens is 334 g/mol. The largest absolute Gasteiger partial charge is 0.393 e. The van der Waals surface area contributed by atoms with Crippen molar-refractivity contribution in [2.24, 2.45) is 0 Å². The van der Waals surface area contributed by atoms with Crippen molar-refractivity contribution in [2.45, 2.75) is 37.8 Å². The first-order valence-corrected chi connectivity index (χ1v) is 9.54. The second-order valence-corrected chi connectivity index (χ2v) is 7.01. The maximum atomic E-state index is 6.42. The van der Waals surface area contributed by atoms with Crippen LogP contribution in [0.3, 0.4) is 0 Å². The van der Waals surface area contributed by atoms with Crippen LogP contribution in [-0.4, -0.2) is 16.0 Å². The zero-order valence-corrected chi connectivity index (χ0v) is 15.3. The molecule has 0 aliphatic heterocycles. The second-order valence-electron chi connectivity index (χ2n) is 7.01. The molecule has 1 heterocycles. The Bertz CT molecular complexity index is 821. The zero-order valence-electron chi connectivity index (χ0n) is 15.3. The van der Waals surface area contributed by atoms with Gasteiger partial charge in [0, 0.05) is 6.04 Å². The van der Waals surface area contributed by atoms with Crippen LogP contribution in [0.2, 0.25) is 0 Å². The van der Waals surface area contributed by atoms with Crippen LogP contribution in [0, 0.1) is 0 Å². The van der Waals surface area contributed by atoms with E-state index in [4.69, 9.17) is 5.73 Å². The van der Waals surface area contributed by atoms with Crippen LogP contribution in [0.15, 0.2) is 67.0 Å². The van der Waals surface area contributed by atoms with Crippen molar-refractivity contribution < 1.29 is 0 Å². The molecule has 0 unspecified atom stereocenters. The lowest BCUT2D eigenvalue weighted by molar-refractivity contribution is 0.750. The van der Waals surface area contributed by atoms with E-state index in [0.29, 0.717) is 17.5 Å². The Morgan fingerprint density at radius 3 is 1.96 bits per heavy atom. The molecule has 3 aromatic rings. The minimum Gasteiger partial charge on any atom is -0.393 e. The number of hydrogen-bond donors (Lipinski definition) is 3. The average molecular weight is 359 g/mol. The molecule has 0 saturated heterocycles. The van der Waals surface area contributed by atoms with Crippen molar-refractivity contribution in [1.29, 1.82) is 0 Å². The molecular formula is C22H25N5. The van der Waals surface area contributed by atoms with Gasteiger partial charge in [0.1, 0.15) is 12.0 Å². The monoisotopic (exact) mass is 359 g/mol. The van der Waals surface area contributed by atoms with Gasteiger partial charge in [0.05, 0.1) is 6.04 Å². The summed E-state index contributed by atoms with van der Waals surface area (Å²) in [6.45, 7) is 0. The summed E-state index contributed by atoms with van der Waals surface area (Å²) in [5, 5.41) is 7.02. The third-order valence-corrected chi connectivity index (χ3v) is 5.13. The standard InChI is InChI=1S/C22H25N5/c23-19-21(26-18-13-7-8-14-18)24-15-25-22(19)27-20(16-9-3-1-4-10-16)17-11-5-2-6-12-17/h1-6,9-12,15,18,20H,7-8,13-14,23H2,(H2,24,25,26,27). The molecule has 5 heteroatoms. The maximum absolute atomic E-state index is 6.42. The van der Waals surface area contributed by atoms with Gasteiger partial charge in [-0.25, -0.2) is 9.97 Å². The van der Waals surface area contributed by atoms with E-state index in [9.17, 15) is 0 Å². The molecule has 0 radical (unpaired) electrons. The number of benzene rings is 2. The Hall–Kier alpha value is -3.08. The maximum Gasteiger partial charge on any atom is 0.155 e. The third-order valence-electron chi connectivity index (χ3n) is 5.13. The van der Waals surface area contributed by atoms with Crippen molar-refractivity contribution in [3.05, 3.63) is 78.1 Å². The SMILES string of the molecule is Nc1c(NC2CCCC2)ncnc1NC(c1ccccc1)c1ccccc1. The van der Waals surface area contributed by atoms with Crippen LogP contribution in [0.4, 0.5) is 17.3 Å². The summed E-state index contributed by atoms with van der Waals surface area (Å²) in [5.41, 5.74) is 9.31. The summed E-state index contributed by atoms with van der Waals surface area (Å²) in [6.07, 6.45) is 6.43. The first-order chi connectivity index (χ1) is 13.3. The average Bonchev–Trinajstić information content (AvgIpc) is 3.23. The van der Waals surface area contributed by atoms with Gasteiger partial charge >= 0.3 is 0 Å². The molecule has 0 amide bonds. The van der Waals surface area contributed by atoms with Crippen LogP contribution < -0.4 is 16.4 Å². The molecule has 138 valence electrons. The van der Waals surface area contributed by atoms with Gasteiger partial charge in [0.2, 0.25) is 0 Å². The number of nitrogen functional groups attached to an aromatic ring is 1. The van der Waals surface area contributed by atoms with Gasteiger partial charge in [-0.3, -0.25) is 0 Å². The van der Waals surface area contributed by atoms with E-state index in [0.717, 1.165) is 16.9 Å². The molecule has 1 aliphatic rings. The molecule has 1 aromatic heterocycles. The second kappa shape index (κ2) is 8.08. The molecule has 1 fully saturated rings. The Labute approximate surface area is 160 Å². The van der Waals surface area contributed by atoms with Gasteiger partial charge in [0.25, 0.3) is 0 Å². The van der Waals surface area contributed by atoms with Crippen molar-refractivity contribution in [1.82, 2.24) is 9.97 Å². The fourth-order valence-electron chi connectivity index (χ4n) is 3.68. The van der Waals surface area contributed by atoms with E-state index in [2.05, 4.69) is 44.9 Å². The highest BCUT2D eigenvalue weighted by Crippen LogP contribution is 2.32. The Morgan fingerprint density at radius 1 is 0.815 bits per heavy atom. The highest BCUT2D eigenvalue weighted by atomic mass is 15.1. The predicted molar refractivity (Wildman–Crippen MR) is 111 cm³/mol. The minimum atomic E-state index is -0.0380. The highest BCUT2D eigenvalue weighted by molar-refractivity contribution is 5.75. The zero-order chi connectivity index (χ0) is 18.5. The minimum absolute atomic E-state index is 0.0380. The Kier molecular flexibility index (Phi) is 5.19. The fourth-order valence-corrected chi connectivity index (χ4v) is 3.68. The summed E-state index contributed by atoms with van der Waals surface area (Å²) in [6, 6.07) is 21.1. The molecule has 0 spiro atoms. The summed E-state index contributed by atoms with van der Waals surface area (Å²) < 4.78 is 0. The summed E-state index contributed by atoms with van der Waals surface area (Å²) >= 11 is 0. The van der Waals surface area contributed by atoms with Crippen LogP contribution in [-0.2, 0) is 0 Å². The van der Waals surface area contributed by atoms with E-state index >= 15 is 0 Å². The molecule has 1 saturated carbocycles. The van der Waals surface area contributed by atoms with Crippen molar-refractivity contribution in [2.75, 3.05) is 16.4 Å². The molecule has 5 nitrogen and oxygen atoms in total. The van der Waals surface area contributed by atoms with Gasteiger partial charge in [0.15, 0.2) is 11.6 Å². The Morgan fingerprint density at radius 2 is 1.37 bits per heavy atom. The van der Waals surface area contributed by atoms with E-state index in [1.165, 1.54) is 25.7 Å². The number of hydrogen-bond acceptors (Lipinski definition) is 5. The van der Waals surface area contributed by atoms with E-state index in [1.54, 1.807) is 6.33 Å². The van der Waals surface area contributed by atoms with Gasteiger partial charge in [-0.2, -0.15) is 0 Å². The number of anilines is 3.